The lowest BCUT2D eigenvalue weighted by atomic mass is 10.3. The van der Waals surface area contributed by atoms with Crippen molar-refractivity contribution in [3.8, 4) is 0 Å². The fraction of sp³-hybridized carbons (Fsp3) is 0.364. The molecular formula is C11H13NO3S. The molecule has 0 amide bonds. The van der Waals surface area contributed by atoms with Gasteiger partial charge in [-0.05, 0) is 31.2 Å². The van der Waals surface area contributed by atoms with E-state index in [1.165, 1.54) is 12.1 Å². The van der Waals surface area contributed by atoms with Gasteiger partial charge in [0, 0.05) is 23.4 Å². The lowest BCUT2D eigenvalue weighted by Gasteiger charge is -2.00. The SMILES string of the molecule is CC(=O)CCCSc1ccc([N+](=O)[O-])cc1. The number of hydrogen-bond donors (Lipinski definition) is 0. The molecule has 0 aliphatic heterocycles. The highest BCUT2D eigenvalue weighted by atomic mass is 32.2. The maximum Gasteiger partial charge on any atom is 0.269 e. The number of benzene rings is 1. The van der Waals surface area contributed by atoms with E-state index in [-0.39, 0.29) is 11.5 Å². The molecule has 5 heteroatoms. The highest BCUT2D eigenvalue weighted by Gasteiger charge is 2.03. The molecule has 0 saturated carbocycles. The van der Waals surface area contributed by atoms with Crippen LogP contribution in [0.25, 0.3) is 0 Å². The molecule has 0 aliphatic carbocycles. The molecule has 0 spiro atoms. The molecule has 1 aromatic carbocycles. The van der Waals surface area contributed by atoms with Crippen LogP contribution in [0.1, 0.15) is 19.8 Å². The van der Waals surface area contributed by atoms with Crippen LogP contribution in [0, 0.1) is 10.1 Å². The first-order valence-corrected chi connectivity index (χ1v) is 5.95. The van der Waals surface area contributed by atoms with Crippen molar-refractivity contribution in [1.29, 1.82) is 0 Å². The Morgan fingerprint density at radius 3 is 2.50 bits per heavy atom. The first kappa shape index (κ1) is 12.7. The van der Waals surface area contributed by atoms with E-state index in [2.05, 4.69) is 0 Å². The Labute approximate surface area is 98.2 Å². The fourth-order valence-corrected chi connectivity index (χ4v) is 2.03. The van der Waals surface area contributed by atoms with Crippen LogP contribution in [0.5, 0.6) is 0 Å². The highest BCUT2D eigenvalue weighted by molar-refractivity contribution is 7.99. The standard InChI is InChI=1S/C11H13NO3S/c1-9(13)3-2-8-16-11-6-4-10(5-7-11)12(14)15/h4-7H,2-3,8H2,1H3. The predicted molar refractivity (Wildman–Crippen MR) is 63.7 cm³/mol. The Kier molecular flexibility index (Phi) is 4.98. The van der Waals surface area contributed by atoms with Crippen molar-refractivity contribution in [1.82, 2.24) is 0 Å². The van der Waals surface area contributed by atoms with Gasteiger partial charge >= 0.3 is 0 Å². The van der Waals surface area contributed by atoms with Gasteiger partial charge in [-0.3, -0.25) is 10.1 Å². The topological polar surface area (TPSA) is 60.2 Å². The summed E-state index contributed by atoms with van der Waals surface area (Å²) >= 11 is 1.61. The second-order valence-corrected chi connectivity index (χ2v) is 4.57. The minimum Gasteiger partial charge on any atom is -0.300 e. The summed E-state index contributed by atoms with van der Waals surface area (Å²) in [7, 11) is 0. The number of carbonyl (C=O) groups excluding carboxylic acids is 1. The number of non-ortho nitro benzene ring substituents is 1. The zero-order valence-electron chi connectivity index (χ0n) is 9.01. The number of carbonyl (C=O) groups is 1. The molecule has 86 valence electrons. The van der Waals surface area contributed by atoms with E-state index in [0.29, 0.717) is 6.42 Å². The lowest BCUT2D eigenvalue weighted by Crippen LogP contribution is -1.91. The third-order valence-electron chi connectivity index (χ3n) is 1.99. The van der Waals surface area contributed by atoms with Gasteiger partial charge in [-0.2, -0.15) is 0 Å². The number of rotatable bonds is 6. The van der Waals surface area contributed by atoms with E-state index in [1.54, 1.807) is 30.8 Å². The molecule has 0 bridgehead atoms. The minimum atomic E-state index is -0.413. The number of nitrogens with zero attached hydrogens (tertiary/aromatic N) is 1. The van der Waals surface area contributed by atoms with E-state index in [9.17, 15) is 14.9 Å². The average molecular weight is 239 g/mol. The van der Waals surface area contributed by atoms with Gasteiger partial charge in [0.2, 0.25) is 0 Å². The maximum absolute atomic E-state index is 10.7. The van der Waals surface area contributed by atoms with Crippen LogP contribution in [-0.2, 0) is 4.79 Å². The molecule has 1 rings (SSSR count). The van der Waals surface area contributed by atoms with Crippen molar-refractivity contribution in [3.05, 3.63) is 34.4 Å². The van der Waals surface area contributed by atoms with Crippen LogP contribution in [0.3, 0.4) is 0 Å². The van der Waals surface area contributed by atoms with Crippen LogP contribution in [0.2, 0.25) is 0 Å². The fourth-order valence-electron chi connectivity index (χ4n) is 1.18. The summed E-state index contributed by atoms with van der Waals surface area (Å²) in [6.07, 6.45) is 1.44. The van der Waals surface area contributed by atoms with Crippen LogP contribution in [0.4, 0.5) is 5.69 Å². The third kappa shape index (κ3) is 4.44. The number of thioether (sulfide) groups is 1. The summed E-state index contributed by atoms with van der Waals surface area (Å²) in [6, 6.07) is 6.45. The average Bonchev–Trinajstić information content (AvgIpc) is 2.25. The molecule has 4 nitrogen and oxygen atoms in total. The first-order valence-electron chi connectivity index (χ1n) is 4.96. The van der Waals surface area contributed by atoms with Crippen molar-refractivity contribution >= 4 is 23.2 Å². The molecule has 0 heterocycles. The predicted octanol–water partition coefficient (Wildman–Crippen LogP) is 3.06. The maximum atomic E-state index is 10.7. The van der Waals surface area contributed by atoms with Crippen molar-refractivity contribution in [2.45, 2.75) is 24.7 Å². The van der Waals surface area contributed by atoms with E-state index in [4.69, 9.17) is 0 Å². The second kappa shape index (κ2) is 6.27. The number of ketones is 1. The molecule has 0 N–H and O–H groups in total. The molecule has 0 aliphatic rings. The van der Waals surface area contributed by atoms with E-state index >= 15 is 0 Å². The molecular weight excluding hydrogens is 226 g/mol. The third-order valence-corrected chi connectivity index (χ3v) is 3.09. The number of nitro groups is 1. The van der Waals surface area contributed by atoms with Crippen molar-refractivity contribution in [2.75, 3.05) is 5.75 Å². The van der Waals surface area contributed by atoms with Crippen molar-refractivity contribution in [3.63, 3.8) is 0 Å². The van der Waals surface area contributed by atoms with Gasteiger partial charge in [0.05, 0.1) is 4.92 Å². The quantitative estimate of drug-likeness (QED) is 0.331. The van der Waals surface area contributed by atoms with E-state index < -0.39 is 4.92 Å². The lowest BCUT2D eigenvalue weighted by molar-refractivity contribution is -0.384. The molecule has 1 aromatic rings. The van der Waals surface area contributed by atoms with Gasteiger partial charge < -0.3 is 4.79 Å². The Morgan fingerprint density at radius 1 is 1.38 bits per heavy atom. The minimum absolute atomic E-state index is 0.105. The highest BCUT2D eigenvalue weighted by Crippen LogP contribution is 2.22. The van der Waals surface area contributed by atoms with E-state index in [1.807, 2.05) is 0 Å². The molecule has 0 aromatic heterocycles. The monoisotopic (exact) mass is 239 g/mol. The van der Waals surface area contributed by atoms with Crippen LogP contribution >= 0.6 is 11.8 Å². The van der Waals surface area contributed by atoms with Gasteiger partial charge in [-0.15, -0.1) is 11.8 Å². The van der Waals surface area contributed by atoms with E-state index in [0.717, 1.165) is 17.1 Å². The molecule has 0 radical (unpaired) electrons. The van der Waals surface area contributed by atoms with Crippen LogP contribution < -0.4 is 0 Å². The summed E-state index contributed by atoms with van der Waals surface area (Å²) in [6.45, 7) is 1.58. The summed E-state index contributed by atoms with van der Waals surface area (Å²) in [5, 5.41) is 10.4. The Balaban J connectivity index is 2.38. The van der Waals surface area contributed by atoms with Crippen LogP contribution in [-0.4, -0.2) is 16.5 Å². The molecule has 16 heavy (non-hydrogen) atoms. The second-order valence-electron chi connectivity index (χ2n) is 3.41. The van der Waals surface area contributed by atoms with Gasteiger partial charge in [-0.25, -0.2) is 0 Å². The van der Waals surface area contributed by atoms with Crippen molar-refractivity contribution in [2.24, 2.45) is 0 Å². The van der Waals surface area contributed by atoms with Crippen molar-refractivity contribution < 1.29 is 9.72 Å². The number of nitro benzene ring substituents is 1. The largest absolute Gasteiger partial charge is 0.300 e. The van der Waals surface area contributed by atoms with Gasteiger partial charge in [0.15, 0.2) is 0 Å². The zero-order valence-corrected chi connectivity index (χ0v) is 9.83. The Hall–Kier alpha value is -1.36. The Morgan fingerprint density at radius 2 is 2.00 bits per heavy atom. The normalized spacial score (nSPS) is 10.1. The van der Waals surface area contributed by atoms with Gasteiger partial charge in [-0.1, -0.05) is 0 Å². The van der Waals surface area contributed by atoms with Gasteiger partial charge in [0.25, 0.3) is 5.69 Å². The first-order chi connectivity index (χ1) is 7.59. The number of hydrogen-bond acceptors (Lipinski definition) is 4. The molecule has 0 fully saturated rings. The summed E-state index contributed by atoms with van der Waals surface area (Å²) < 4.78 is 0. The molecule has 0 saturated heterocycles. The number of Topliss-reactive ketones (excluding diaryl/α,β-unsaturated/α-hetero) is 1. The summed E-state index contributed by atoms with van der Waals surface area (Å²) in [5.74, 6) is 1.06. The molecule has 0 atom stereocenters. The smallest absolute Gasteiger partial charge is 0.269 e. The Bertz CT molecular complexity index is 375. The summed E-state index contributed by atoms with van der Waals surface area (Å²) in [4.78, 5) is 21.7. The molecule has 0 unspecified atom stereocenters. The van der Waals surface area contributed by atoms with Gasteiger partial charge in [0.1, 0.15) is 5.78 Å². The zero-order chi connectivity index (χ0) is 12.0. The van der Waals surface area contributed by atoms with Crippen LogP contribution in [0.15, 0.2) is 29.2 Å². The summed E-state index contributed by atoms with van der Waals surface area (Å²) in [5.41, 5.74) is 0.105.